The highest BCUT2D eigenvalue weighted by Crippen LogP contribution is 2.29. The van der Waals surface area contributed by atoms with Crippen molar-refractivity contribution in [2.45, 2.75) is 19.4 Å². The quantitative estimate of drug-likeness (QED) is 0.794. The van der Waals surface area contributed by atoms with E-state index in [0.29, 0.717) is 11.0 Å². The molecular weight excluding hydrogens is 310 g/mol. The van der Waals surface area contributed by atoms with Gasteiger partial charge in [-0.2, -0.15) is 4.52 Å². The van der Waals surface area contributed by atoms with Gasteiger partial charge in [0.2, 0.25) is 10.1 Å². The van der Waals surface area contributed by atoms with E-state index in [-0.39, 0.29) is 5.56 Å². The lowest BCUT2D eigenvalue weighted by atomic mass is 10.2. The van der Waals surface area contributed by atoms with E-state index < -0.39 is 0 Å². The fourth-order valence-electron chi connectivity index (χ4n) is 2.98. The number of anilines is 2. The summed E-state index contributed by atoms with van der Waals surface area (Å²) in [5, 5.41) is 8.34. The van der Waals surface area contributed by atoms with Gasteiger partial charge in [0, 0.05) is 37.1 Å². The van der Waals surface area contributed by atoms with Crippen LogP contribution in [0, 0.1) is 0 Å². The van der Waals surface area contributed by atoms with Crippen LogP contribution in [-0.4, -0.2) is 33.7 Å². The molecule has 1 unspecified atom stereocenters. The normalized spacial score (nSPS) is 14.9. The molecule has 0 radical (unpaired) electrons. The Morgan fingerprint density at radius 2 is 2.22 bits per heavy atom. The van der Waals surface area contributed by atoms with Gasteiger partial charge < -0.3 is 10.2 Å². The molecule has 0 saturated carbocycles. The van der Waals surface area contributed by atoms with Crippen molar-refractivity contribution in [1.29, 1.82) is 0 Å². The molecule has 0 spiro atoms. The second-order valence-electron chi connectivity index (χ2n) is 5.69. The van der Waals surface area contributed by atoms with Crippen LogP contribution < -0.4 is 15.8 Å². The highest BCUT2D eigenvalue weighted by molar-refractivity contribution is 7.20. The SMILES string of the molecule is CC(CNc1nn2c(=O)ccnc2s1)N1CCc2ccccc21. The van der Waals surface area contributed by atoms with Crippen LogP contribution in [0.4, 0.5) is 10.8 Å². The molecular formula is C16H17N5OS. The van der Waals surface area contributed by atoms with E-state index in [4.69, 9.17) is 0 Å². The highest BCUT2D eigenvalue weighted by Gasteiger charge is 2.22. The molecule has 0 aliphatic carbocycles. The van der Waals surface area contributed by atoms with Crippen molar-refractivity contribution in [2.75, 3.05) is 23.3 Å². The van der Waals surface area contributed by atoms with Gasteiger partial charge in [0.25, 0.3) is 5.56 Å². The molecule has 23 heavy (non-hydrogen) atoms. The Labute approximate surface area is 137 Å². The zero-order valence-electron chi connectivity index (χ0n) is 12.8. The van der Waals surface area contributed by atoms with E-state index in [1.165, 1.54) is 39.4 Å². The molecule has 1 aliphatic heterocycles. The third kappa shape index (κ3) is 2.57. The first-order valence-electron chi connectivity index (χ1n) is 7.66. The summed E-state index contributed by atoms with van der Waals surface area (Å²) in [4.78, 5) is 18.9. The van der Waals surface area contributed by atoms with Crippen molar-refractivity contribution < 1.29 is 0 Å². The molecule has 4 rings (SSSR count). The summed E-state index contributed by atoms with van der Waals surface area (Å²) in [7, 11) is 0. The van der Waals surface area contributed by atoms with Gasteiger partial charge in [-0.15, -0.1) is 5.10 Å². The maximum atomic E-state index is 11.7. The maximum absolute atomic E-state index is 11.7. The molecule has 1 aromatic carbocycles. The van der Waals surface area contributed by atoms with E-state index in [1.807, 2.05) is 0 Å². The smallest absolute Gasteiger partial charge is 0.275 e. The van der Waals surface area contributed by atoms with Crippen LogP contribution in [0.3, 0.4) is 0 Å². The highest BCUT2D eigenvalue weighted by atomic mass is 32.1. The summed E-state index contributed by atoms with van der Waals surface area (Å²) >= 11 is 1.39. The predicted octanol–water partition coefficient (Wildman–Crippen LogP) is 2.01. The van der Waals surface area contributed by atoms with Crippen LogP contribution in [0.25, 0.3) is 4.96 Å². The van der Waals surface area contributed by atoms with Gasteiger partial charge in [-0.3, -0.25) is 4.79 Å². The number of benzene rings is 1. The second kappa shape index (κ2) is 5.66. The lowest BCUT2D eigenvalue weighted by Crippen LogP contribution is -2.36. The minimum absolute atomic E-state index is 0.152. The molecule has 1 aliphatic rings. The predicted molar refractivity (Wildman–Crippen MR) is 92.6 cm³/mol. The van der Waals surface area contributed by atoms with E-state index >= 15 is 0 Å². The summed E-state index contributed by atoms with van der Waals surface area (Å²) < 4.78 is 1.34. The molecule has 2 aromatic heterocycles. The molecule has 1 N–H and O–H groups in total. The van der Waals surface area contributed by atoms with E-state index in [9.17, 15) is 4.79 Å². The third-order valence-electron chi connectivity index (χ3n) is 4.17. The monoisotopic (exact) mass is 327 g/mol. The van der Waals surface area contributed by atoms with E-state index in [0.717, 1.165) is 24.6 Å². The van der Waals surface area contributed by atoms with Crippen LogP contribution in [0.2, 0.25) is 0 Å². The zero-order valence-corrected chi connectivity index (χ0v) is 13.6. The average molecular weight is 327 g/mol. The van der Waals surface area contributed by atoms with Crippen LogP contribution in [0.15, 0.2) is 41.3 Å². The molecule has 6 nitrogen and oxygen atoms in total. The van der Waals surface area contributed by atoms with Gasteiger partial charge in [-0.05, 0) is 25.0 Å². The Bertz CT molecular complexity index is 903. The molecule has 3 aromatic rings. The van der Waals surface area contributed by atoms with Gasteiger partial charge in [-0.1, -0.05) is 29.5 Å². The van der Waals surface area contributed by atoms with Crippen LogP contribution >= 0.6 is 11.3 Å². The van der Waals surface area contributed by atoms with Crippen molar-refractivity contribution in [3.8, 4) is 0 Å². The summed E-state index contributed by atoms with van der Waals surface area (Å²) in [5.74, 6) is 0. The first kappa shape index (κ1) is 14.2. The fraction of sp³-hybridized carbons (Fsp3) is 0.312. The van der Waals surface area contributed by atoms with Gasteiger partial charge in [0.15, 0.2) is 0 Å². The maximum Gasteiger partial charge on any atom is 0.275 e. The van der Waals surface area contributed by atoms with Gasteiger partial charge in [-0.25, -0.2) is 4.98 Å². The molecule has 0 amide bonds. The molecule has 1 atom stereocenters. The summed E-state index contributed by atoms with van der Waals surface area (Å²) in [5.41, 5.74) is 2.58. The van der Waals surface area contributed by atoms with Crippen molar-refractivity contribution in [3.63, 3.8) is 0 Å². The average Bonchev–Trinajstić information content (AvgIpc) is 3.17. The Kier molecular flexibility index (Phi) is 3.49. The molecule has 7 heteroatoms. The lowest BCUT2D eigenvalue weighted by molar-refractivity contribution is 0.678. The van der Waals surface area contributed by atoms with Gasteiger partial charge >= 0.3 is 0 Å². The number of para-hydroxylation sites is 1. The largest absolute Gasteiger partial charge is 0.366 e. The van der Waals surface area contributed by atoms with Crippen molar-refractivity contribution in [2.24, 2.45) is 0 Å². The lowest BCUT2D eigenvalue weighted by Gasteiger charge is -2.27. The fourth-order valence-corrected chi connectivity index (χ4v) is 3.76. The van der Waals surface area contributed by atoms with Gasteiger partial charge in [0.05, 0.1) is 0 Å². The van der Waals surface area contributed by atoms with E-state index in [1.54, 1.807) is 0 Å². The molecule has 0 bridgehead atoms. The number of fused-ring (bicyclic) bond motifs is 2. The van der Waals surface area contributed by atoms with E-state index in [2.05, 4.69) is 51.5 Å². The number of aromatic nitrogens is 3. The van der Waals surface area contributed by atoms with Crippen LogP contribution in [0.1, 0.15) is 12.5 Å². The third-order valence-corrected chi connectivity index (χ3v) is 5.05. The van der Waals surface area contributed by atoms with Crippen molar-refractivity contribution >= 4 is 27.1 Å². The summed E-state index contributed by atoms with van der Waals surface area (Å²) in [6.45, 7) is 4.01. The number of hydrogen-bond acceptors (Lipinski definition) is 6. The molecule has 3 heterocycles. The number of hydrogen-bond donors (Lipinski definition) is 1. The first-order valence-corrected chi connectivity index (χ1v) is 8.47. The number of rotatable bonds is 4. The first-order chi connectivity index (χ1) is 11.2. The summed E-state index contributed by atoms with van der Waals surface area (Å²) in [6, 6.07) is 10.3. The molecule has 0 saturated heterocycles. The van der Waals surface area contributed by atoms with Crippen molar-refractivity contribution in [3.05, 3.63) is 52.4 Å². The topological polar surface area (TPSA) is 62.5 Å². The molecule has 0 fully saturated rings. The molecule has 118 valence electrons. The minimum atomic E-state index is -0.152. The summed E-state index contributed by atoms with van der Waals surface area (Å²) in [6.07, 6.45) is 2.62. The number of nitrogens with zero attached hydrogens (tertiary/aromatic N) is 4. The minimum Gasteiger partial charge on any atom is -0.366 e. The number of nitrogens with one attached hydrogen (secondary N) is 1. The Balaban J connectivity index is 1.48. The Morgan fingerprint density at radius 3 is 3.09 bits per heavy atom. The van der Waals surface area contributed by atoms with Crippen LogP contribution in [0.5, 0.6) is 0 Å². The second-order valence-corrected chi connectivity index (χ2v) is 6.64. The van der Waals surface area contributed by atoms with Crippen LogP contribution in [-0.2, 0) is 6.42 Å². The Morgan fingerprint density at radius 1 is 1.35 bits per heavy atom. The Hall–Kier alpha value is -2.41. The van der Waals surface area contributed by atoms with Gasteiger partial charge in [0.1, 0.15) is 0 Å². The zero-order chi connectivity index (χ0) is 15.8. The van der Waals surface area contributed by atoms with Crippen molar-refractivity contribution in [1.82, 2.24) is 14.6 Å². The standard InChI is InChI=1S/C16H17N5OS/c1-11(20-9-7-12-4-2-3-5-13(12)20)10-18-15-19-21-14(22)6-8-17-16(21)23-15/h2-6,8,11H,7,9-10H2,1H3,(H,18,19).